The zero-order valence-corrected chi connectivity index (χ0v) is 18.0. The van der Waals surface area contributed by atoms with Gasteiger partial charge in [-0.15, -0.1) is 10.2 Å². The van der Waals surface area contributed by atoms with Gasteiger partial charge in [0.05, 0.1) is 14.2 Å². The highest BCUT2D eigenvalue weighted by molar-refractivity contribution is 8.00. The van der Waals surface area contributed by atoms with Gasteiger partial charge in [0, 0.05) is 17.4 Å². The summed E-state index contributed by atoms with van der Waals surface area (Å²) >= 11 is 2.89. The van der Waals surface area contributed by atoms with Crippen LogP contribution in [0.4, 0.5) is 5.13 Å². The molecule has 0 unspecified atom stereocenters. The lowest BCUT2D eigenvalue weighted by atomic mass is 10.0. The van der Waals surface area contributed by atoms with Crippen LogP contribution in [0.15, 0.2) is 65.0 Å². The van der Waals surface area contributed by atoms with Crippen molar-refractivity contribution < 1.29 is 14.3 Å². The van der Waals surface area contributed by atoms with Crippen molar-refractivity contribution in [2.45, 2.75) is 10.1 Å². The first-order valence-electron chi connectivity index (χ1n) is 9.13. The van der Waals surface area contributed by atoms with E-state index in [9.17, 15) is 4.79 Å². The summed E-state index contributed by atoms with van der Waals surface area (Å²) in [4.78, 5) is 12.8. The lowest BCUT2D eigenvalue weighted by molar-refractivity contribution is 0.102. The van der Waals surface area contributed by atoms with E-state index in [1.165, 1.54) is 11.3 Å². The monoisotopic (exact) mass is 437 g/mol. The third-order valence-corrected chi connectivity index (χ3v) is 6.48. The highest BCUT2D eigenvalue weighted by Gasteiger charge is 2.13. The lowest BCUT2D eigenvalue weighted by Crippen LogP contribution is -2.12. The van der Waals surface area contributed by atoms with Gasteiger partial charge in [-0.1, -0.05) is 59.5 Å². The number of aromatic nitrogens is 2. The molecule has 0 saturated carbocycles. The number of amides is 1. The molecule has 0 aliphatic rings. The van der Waals surface area contributed by atoms with E-state index in [0.29, 0.717) is 16.4 Å². The summed E-state index contributed by atoms with van der Waals surface area (Å²) in [7, 11) is 3.25. The first-order chi connectivity index (χ1) is 14.7. The van der Waals surface area contributed by atoms with Crippen molar-refractivity contribution in [1.82, 2.24) is 10.2 Å². The first kappa shape index (κ1) is 20.2. The van der Waals surface area contributed by atoms with Crippen LogP contribution in [0.3, 0.4) is 0 Å². The molecule has 0 atom stereocenters. The Bertz CT molecular complexity index is 1170. The van der Waals surface area contributed by atoms with Crippen molar-refractivity contribution in [3.63, 3.8) is 0 Å². The van der Waals surface area contributed by atoms with Gasteiger partial charge in [0.15, 0.2) is 4.34 Å². The summed E-state index contributed by atoms with van der Waals surface area (Å²) in [6.07, 6.45) is 0. The number of carbonyl (C=O) groups is 1. The second-order valence-corrected chi connectivity index (χ2v) is 8.56. The normalized spacial score (nSPS) is 10.7. The van der Waals surface area contributed by atoms with Crippen LogP contribution in [0.1, 0.15) is 15.9 Å². The van der Waals surface area contributed by atoms with Gasteiger partial charge in [-0.2, -0.15) is 0 Å². The molecule has 152 valence electrons. The fourth-order valence-corrected chi connectivity index (χ4v) is 4.68. The second kappa shape index (κ2) is 9.15. The standard InChI is InChI=1S/C22H19N3O3S2/c1-27-16-10-14(11-17(12-16)28-2)13-29-22-25-24-21(30-22)23-20(26)19-9-5-7-15-6-3-4-8-18(15)19/h3-12H,13H2,1-2H3,(H,23,24,26). The van der Waals surface area contributed by atoms with Gasteiger partial charge in [-0.05, 0) is 34.5 Å². The topological polar surface area (TPSA) is 73.3 Å². The highest BCUT2D eigenvalue weighted by atomic mass is 32.2. The lowest BCUT2D eigenvalue weighted by Gasteiger charge is -2.07. The molecule has 0 radical (unpaired) electrons. The zero-order valence-electron chi connectivity index (χ0n) is 16.4. The minimum Gasteiger partial charge on any atom is -0.497 e. The largest absolute Gasteiger partial charge is 0.497 e. The van der Waals surface area contributed by atoms with Crippen molar-refractivity contribution in [1.29, 1.82) is 0 Å². The molecule has 0 aliphatic carbocycles. The quantitative estimate of drug-likeness (QED) is 0.314. The van der Waals surface area contributed by atoms with Gasteiger partial charge < -0.3 is 9.47 Å². The Morgan fingerprint density at radius 2 is 1.73 bits per heavy atom. The predicted octanol–water partition coefficient (Wildman–Crippen LogP) is 5.25. The van der Waals surface area contributed by atoms with Gasteiger partial charge in [0.25, 0.3) is 5.91 Å². The number of nitrogens with one attached hydrogen (secondary N) is 1. The average Bonchev–Trinajstić information content (AvgIpc) is 3.24. The summed E-state index contributed by atoms with van der Waals surface area (Å²) in [5, 5.41) is 13.5. The summed E-state index contributed by atoms with van der Waals surface area (Å²) < 4.78 is 11.4. The number of thioether (sulfide) groups is 1. The molecule has 3 aromatic carbocycles. The SMILES string of the molecule is COc1cc(CSc2nnc(NC(=O)c3cccc4ccccc34)s2)cc(OC)c1. The van der Waals surface area contributed by atoms with Crippen LogP contribution >= 0.6 is 23.1 Å². The molecule has 1 aromatic heterocycles. The van der Waals surface area contributed by atoms with Crippen LogP contribution in [0, 0.1) is 0 Å². The number of anilines is 1. The van der Waals surface area contributed by atoms with E-state index < -0.39 is 0 Å². The Labute approximate surface area is 182 Å². The van der Waals surface area contributed by atoms with E-state index in [4.69, 9.17) is 9.47 Å². The van der Waals surface area contributed by atoms with Crippen molar-refractivity contribution in [3.8, 4) is 11.5 Å². The maximum absolute atomic E-state index is 12.8. The van der Waals surface area contributed by atoms with E-state index in [2.05, 4.69) is 15.5 Å². The molecule has 4 rings (SSSR count). The van der Waals surface area contributed by atoms with Gasteiger partial charge in [-0.25, -0.2) is 0 Å². The first-order valence-corrected chi connectivity index (χ1v) is 10.9. The number of fused-ring (bicyclic) bond motifs is 1. The molecule has 0 fully saturated rings. The number of hydrogen-bond donors (Lipinski definition) is 1. The Kier molecular flexibility index (Phi) is 6.15. The van der Waals surface area contributed by atoms with Crippen LogP contribution < -0.4 is 14.8 Å². The molecule has 4 aromatic rings. The zero-order chi connectivity index (χ0) is 20.9. The van der Waals surface area contributed by atoms with Crippen molar-refractivity contribution in [2.24, 2.45) is 0 Å². The molecule has 1 N–H and O–H groups in total. The van der Waals surface area contributed by atoms with Crippen molar-refractivity contribution in [2.75, 3.05) is 19.5 Å². The molecule has 30 heavy (non-hydrogen) atoms. The molecule has 0 aliphatic heterocycles. The number of methoxy groups -OCH3 is 2. The maximum Gasteiger partial charge on any atom is 0.258 e. The van der Waals surface area contributed by atoms with E-state index in [0.717, 1.165) is 32.2 Å². The summed E-state index contributed by atoms with van der Waals surface area (Å²) in [5.41, 5.74) is 1.66. The van der Waals surface area contributed by atoms with Crippen LogP contribution in [0.5, 0.6) is 11.5 Å². The van der Waals surface area contributed by atoms with Crippen LogP contribution in [0.25, 0.3) is 10.8 Å². The molecule has 0 saturated heterocycles. The number of hydrogen-bond acceptors (Lipinski definition) is 7. The third kappa shape index (κ3) is 4.55. The van der Waals surface area contributed by atoms with Crippen LogP contribution in [0.2, 0.25) is 0 Å². The fourth-order valence-electron chi connectivity index (χ4n) is 3.00. The molecule has 1 heterocycles. The predicted molar refractivity (Wildman–Crippen MR) is 121 cm³/mol. The van der Waals surface area contributed by atoms with Crippen LogP contribution in [-0.2, 0) is 5.75 Å². The Morgan fingerprint density at radius 1 is 1.00 bits per heavy atom. The average molecular weight is 438 g/mol. The molecule has 1 amide bonds. The number of rotatable bonds is 7. The second-order valence-electron chi connectivity index (χ2n) is 6.36. The van der Waals surface area contributed by atoms with Gasteiger partial charge in [0.1, 0.15) is 11.5 Å². The van der Waals surface area contributed by atoms with Gasteiger partial charge in [-0.3, -0.25) is 10.1 Å². The minimum absolute atomic E-state index is 0.197. The maximum atomic E-state index is 12.8. The third-order valence-electron chi connectivity index (χ3n) is 4.43. The Balaban J connectivity index is 1.44. The summed E-state index contributed by atoms with van der Waals surface area (Å²) in [6.45, 7) is 0. The van der Waals surface area contributed by atoms with Gasteiger partial charge in [0.2, 0.25) is 5.13 Å². The Hall–Kier alpha value is -3.10. The molecule has 0 bridgehead atoms. The Morgan fingerprint density at radius 3 is 2.50 bits per heavy atom. The van der Waals surface area contributed by atoms with Crippen molar-refractivity contribution >= 4 is 44.9 Å². The molecule has 6 nitrogen and oxygen atoms in total. The minimum atomic E-state index is -0.197. The van der Waals surface area contributed by atoms with E-state index >= 15 is 0 Å². The molecular weight excluding hydrogens is 418 g/mol. The van der Waals surface area contributed by atoms with Crippen LogP contribution in [-0.4, -0.2) is 30.3 Å². The highest BCUT2D eigenvalue weighted by Crippen LogP contribution is 2.31. The van der Waals surface area contributed by atoms with Crippen molar-refractivity contribution in [3.05, 3.63) is 71.8 Å². The number of ether oxygens (including phenoxy) is 2. The van der Waals surface area contributed by atoms with Gasteiger partial charge >= 0.3 is 0 Å². The molecule has 0 spiro atoms. The van der Waals surface area contributed by atoms with E-state index in [-0.39, 0.29) is 5.91 Å². The molecule has 8 heteroatoms. The number of carbonyl (C=O) groups excluding carboxylic acids is 1. The summed E-state index contributed by atoms with van der Waals surface area (Å²) in [6, 6.07) is 19.2. The molecular formula is C22H19N3O3S2. The number of benzene rings is 3. The fraction of sp³-hybridized carbons (Fsp3) is 0.136. The smallest absolute Gasteiger partial charge is 0.258 e. The van der Waals surface area contributed by atoms with E-state index in [1.54, 1.807) is 26.0 Å². The van der Waals surface area contributed by atoms with E-state index in [1.807, 2.05) is 60.7 Å². The number of nitrogens with zero attached hydrogens (tertiary/aromatic N) is 2. The summed E-state index contributed by atoms with van der Waals surface area (Å²) in [5.74, 6) is 1.96.